The largest absolute Gasteiger partial charge is 0.350 e. The topological polar surface area (TPSA) is 62.3 Å². The molecule has 1 saturated heterocycles. The Hall–Kier alpha value is -2.77. The second kappa shape index (κ2) is 8.71. The van der Waals surface area contributed by atoms with Crippen molar-refractivity contribution < 1.29 is 14.0 Å². The number of carbonyl (C=O) groups excluding carboxylic acids is 2. The zero-order valence-electron chi connectivity index (χ0n) is 19.3. The summed E-state index contributed by atoms with van der Waals surface area (Å²) in [5.74, 6) is 0.638. The predicted molar refractivity (Wildman–Crippen MR) is 134 cm³/mol. The summed E-state index contributed by atoms with van der Waals surface area (Å²) in [5, 5.41) is 4.46. The van der Waals surface area contributed by atoms with Crippen LogP contribution in [0, 0.1) is 24.6 Å². The van der Waals surface area contributed by atoms with E-state index >= 15 is 0 Å². The van der Waals surface area contributed by atoms with Gasteiger partial charge in [0, 0.05) is 29.6 Å². The Labute approximate surface area is 212 Å². The zero-order valence-corrected chi connectivity index (χ0v) is 20.8. The van der Waals surface area contributed by atoms with Crippen LogP contribution in [-0.2, 0) is 0 Å². The van der Waals surface area contributed by atoms with E-state index in [0.29, 0.717) is 58.3 Å². The molecule has 35 heavy (non-hydrogen) atoms. The Morgan fingerprint density at radius 2 is 2.06 bits per heavy atom. The third kappa shape index (κ3) is 4.36. The molecule has 2 heterocycles. The van der Waals surface area contributed by atoms with E-state index in [1.54, 1.807) is 37.3 Å². The van der Waals surface area contributed by atoms with Gasteiger partial charge in [-0.15, -0.1) is 11.3 Å². The van der Waals surface area contributed by atoms with Gasteiger partial charge in [0.25, 0.3) is 11.8 Å². The van der Waals surface area contributed by atoms with E-state index in [0.717, 1.165) is 29.1 Å². The number of hydrogen-bond acceptors (Lipinski definition) is 4. The minimum Gasteiger partial charge on any atom is -0.350 e. The molecular weight excluding hydrogens is 485 g/mol. The van der Waals surface area contributed by atoms with Gasteiger partial charge in [-0.1, -0.05) is 29.8 Å². The molecule has 0 bridgehead atoms. The third-order valence-corrected chi connectivity index (χ3v) is 8.83. The van der Waals surface area contributed by atoms with Crippen LogP contribution >= 0.6 is 22.9 Å². The lowest BCUT2D eigenvalue weighted by molar-refractivity contribution is 0.0690. The number of piperidine rings is 1. The van der Waals surface area contributed by atoms with Crippen LogP contribution in [0.25, 0.3) is 10.4 Å². The van der Waals surface area contributed by atoms with E-state index in [4.69, 9.17) is 16.6 Å². The molecule has 180 valence electrons. The molecule has 1 N–H and O–H groups in total. The fourth-order valence-corrected chi connectivity index (χ4v) is 6.46. The summed E-state index contributed by atoms with van der Waals surface area (Å²) >= 11 is 7.54. The van der Waals surface area contributed by atoms with Crippen molar-refractivity contribution in [2.75, 3.05) is 13.1 Å². The Bertz CT molecular complexity index is 1340. The highest BCUT2D eigenvalue weighted by Crippen LogP contribution is 2.51. The summed E-state index contributed by atoms with van der Waals surface area (Å²) in [7, 11) is 0. The molecule has 3 fully saturated rings. The molecule has 3 atom stereocenters. The first kappa shape index (κ1) is 22.7. The number of thiazole rings is 1. The first-order chi connectivity index (χ1) is 16.9. The average molecular weight is 510 g/mol. The van der Waals surface area contributed by atoms with Crippen molar-refractivity contribution in [1.82, 2.24) is 15.2 Å². The number of rotatable bonds is 6. The Morgan fingerprint density at radius 1 is 1.23 bits per heavy atom. The maximum atomic E-state index is 14.4. The minimum atomic E-state index is -0.286. The molecule has 1 aromatic heterocycles. The highest BCUT2D eigenvalue weighted by atomic mass is 35.5. The molecule has 1 aliphatic heterocycles. The summed E-state index contributed by atoms with van der Waals surface area (Å²) in [4.78, 5) is 33.9. The van der Waals surface area contributed by atoms with Crippen molar-refractivity contribution in [3.63, 3.8) is 0 Å². The Morgan fingerprint density at radius 3 is 2.80 bits per heavy atom. The third-order valence-electron chi connectivity index (χ3n) is 7.33. The van der Waals surface area contributed by atoms with Crippen molar-refractivity contribution in [3.8, 4) is 10.4 Å². The number of aryl methyl sites for hydroxylation is 1. The molecule has 0 radical (unpaired) electrons. The van der Waals surface area contributed by atoms with E-state index in [1.807, 2.05) is 11.0 Å². The van der Waals surface area contributed by atoms with Gasteiger partial charge in [0.05, 0.1) is 15.9 Å². The zero-order chi connectivity index (χ0) is 24.3. The van der Waals surface area contributed by atoms with E-state index in [9.17, 15) is 14.0 Å². The SMILES string of the molecule is Cc1ccc(-c2sc(C3CC3)nc2C(=O)N2C[C@@H]3CC3[C@H]2CNC(=O)c2cccc(Cl)c2)cc1F. The fraction of sp³-hybridized carbons (Fsp3) is 0.370. The molecule has 2 aromatic carbocycles. The van der Waals surface area contributed by atoms with Crippen molar-refractivity contribution in [2.24, 2.45) is 11.8 Å². The molecular formula is C27H25ClFN3O2S. The van der Waals surface area contributed by atoms with E-state index < -0.39 is 0 Å². The number of carbonyl (C=O) groups is 2. The van der Waals surface area contributed by atoms with Gasteiger partial charge in [-0.05, 0) is 73.4 Å². The number of amides is 2. The molecule has 6 rings (SSSR count). The van der Waals surface area contributed by atoms with Gasteiger partial charge >= 0.3 is 0 Å². The Balaban J connectivity index is 1.25. The molecule has 5 nitrogen and oxygen atoms in total. The predicted octanol–water partition coefficient (Wildman–Crippen LogP) is 5.68. The van der Waals surface area contributed by atoms with Crippen molar-refractivity contribution in [2.45, 2.75) is 38.1 Å². The summed E-state index contributed by atoms with van der Waals surface area (Å²) in [6.07, 6.45) is 3.23. The maximum absolute atomic E-state index is 14.4. The maximum Gasteiger partial charge on any atom is 0.274 e. The summed E-state index contributed by atoms with van der Waals surface area (Å²) in [6.45, 7) is 2.78. The van der Waals surface area contributed by atoms with Crippen LogP contribution in [0.4, 0.5) is 4.39 Å². The second-order valence-electron chi connectivity index (χ2n) is 9.87. The van der Waals surface area contributed by atoms with Gasteiger partial charge in [-0.3, -0.25) is 9.59 Å². The van der Waals surface area contributed by atoms with Gasteiger partial charge < -0.3 is 10.2 Å². The lowest BCUT2D eigenvalue weighted by Gasteiger charge is -2.27. The average Bonchev–Trinajstić information content (AvgIpc) is 3.77. The van der Waals surface area contributed by atoms with Gasteiger partial charge in [-0.25, -0.2) is 9.37 Å². The van der Waals surface area contributed by atoms with E-state index in [-0.39, 0.29) is 23.7 Å². The fourth-order valence-electron chi connectivity index (χ4n) is 5.05. The monoisotopic (exact) mass is 509 g/mol. The molecule has 2 amide bonds. The second-order valence-corrected chi connectivity index (χ2v) is 11.3. The van der Waals surface area contributed by atoms with Crippen LogP contribution in [0.5, 0.6) is 0 Å². The van der Waals surface area contributed by atoms with Crippen LogP contribution in [0.2, 0.25) is 5.02 Å². The first-order valence-electron chi connectivity index (χ1n) is 12.0. The number of fused-ring (bicyclic) bond motifs is 1. The smallest absolute Gasteiger partial charge is 0.274 e. The molecule has 2 saturated carbocycles. The number of aromatic nitrogens is 1. The van der Waals surface area contributed by atoms with Gasteiger partial charge in [0.2, 0.25) is 0 Å². The minimum absolute atomic E-state index is 0.0793. The highest BCUT2D eigenvalue weighted by molar-refractivity contribution is 7.15. The highest BCUT2D eigenvalue weighted by Gasteiger charge is 2.54. The Kier molecular flexibility index (Phi) is 5.65. The number of halogens is 2. The lowest BCUT2D eigenvalue weighted by atomic mass is 10.1. The van der Waals surface area contributed by atoms with Crippen LogP contribution in [-0.4, -0.2) is 40.8 Å². The molecule has 2 aliphatic carbocycles. The van der Waals surface area contributed by atoms with Crippen molar-refractivity contribution in [1.29, 1.82) is 0 Å². The number of benzene rings is 2. The molecule has 1 unspecified atom stereocenters. The standard InChI is InChI=1S/C27H25ClFN3O2S/c1-14-5-6-16(11-21(14)29)24-23(31-26(35-24)15-7-8-15)27(34)32-13-18-10-20(18)22(32)12-30-25(33)17-3-2-4-19(28)9-17/h2-6,9,11,15,18,20,22H,7-8,10,12-13H2,1H3,(H,30,33)/t18-,20?,22+/m0/s1. The molecule has 0 spiro atoms. The van der Waals surface area contributed by atoms with E-state index in [1.165, 1.54) is 17.4 Å². The molecule has 3 aliphatic rings. The number of nitrogens with one attached hydrogen (secondary N) is 1. The van der Waals surface area contributed by atoms with Crippen molar-refractivity contribution >= 4 is 34.8 Å². The lowest BCUT2D eigenvalue weighted by Crippen LogP contribution is -2.45. The van der Waals surface area contributed by atoms with Crippen LogP contribution in [0.15, 0.2) is 42.5 Å². The number of likely N-dealkylation sites (tertiary alicyclic amines) is 1. The molecule has 3 aromatic rings. The molecule has 8 heteroatoms. The van der Waals surface area contributed by atoms with Gasteiger partial charge in [0.15, 0.2) is 0 Å². The normalized spacial score (nSPS) is 22.7. The summed E-state index contributed by atoms with van der Waals surface area (Å²) in [5.41, 5.74) is 2.17. The number of nitrogens with zero attached hydrogens (tertiary/aromatic N) is 2. The van der Waals surface area contributed by atoms with Crippen LogP contribution < -0.4 is 5.32 Å². The quantitative estimate of drug-likeness (QED) is 0.465. The summed E-state index contributed by atoms with van der Waals surface area (Å²) < 4.78 is 14.4. The first-order valence-corrected chi connectivity index (χ1v) is 13.2. The van der Waals surface area contributed by atoms with Crippen molar-refractivity contribution in [3.05, 3.63) is 75.1 Å². The van der Waals surface area contributed by atoms with Gasteiger partial charge in [0.1, 0.15) is 11.5 Å². The van der Waals surface area contributed by atoms with E-state index in [2.05, 4.69) is 5.32 Å². The van der Waals surface area contributed by atoms with Gasteiger partial charge in [-0.2, -0.15) is 0 Å². The summed E-state index contributed by atoms with van der Waals surface area (Å²) in [6, 6.07) is 11.9. The number of hydrogen-bond donors (Lipinski definition) is 1. The van der Waals surface area contributed by atoms with Crippen LogP contribution in [0.3, 0.4) is 0 Å². The van der Waals surface area contributed by atoms with Crippen LogP contribution in [0.1, 0.15) is 56.6 Å².